The van der Waals surface area contributed by atoms with E-state index in [1.54, 1.807) is 12.0 Å². The van der Waals surface area contributed by atoms with Gasteiger partial charge < -0.3 is 14.8 Å². The van der Waals surface area contributed by atoms with Crippen LogP contribution in [0.5, 0.6) is 11.5 Å². The van der Waals surface area contributed by atoms with Gasteiger partial charge in [0, 0.05) is 25.6 Å². The van der Waals surface area contributed by atoms with Crippen molar-refractivity contribution < 1.29 is 19.1 Å². The number of nitrogens with zero attached hydrogens (tertiary/aromatic N) is 1. The molecule has 1 heterocycles. The van der Waals surface area contributed by atoms with E-state index in [0.29, 0.717) is 31.1 Å². The van der Waals surface area contributed by atoms with Gasteiger partial charge in [0.15, 0.2) is 11.5 Å². The fraction of sp³-hybridized carbons (Fsp3) is 0.333. The Hall–Kier alpha value is -3.02. The SMILES string of the molecule is CCOc1ccc(CNC(=O)[C@H]2Cc3ccccc3N2C(C)=O)cc1OC. The van der Waals surface area contributed by atoms with Crippen LogP contribution in [-0.2, 0) is 22.6 Å². The van der Waals surface area contributed by atoms with Gasteiger partial charge in [-0.25, -0.2) is 0 Å². The largest absolute Gasteiger partial charge is 0.493 e. The number of methoxy groups -OCH3 is 1. The normalized spacial score (nSPS) is 15.2. The minimum absolute atomic E-state index is 0.136. The molecule has 1 N–H and O–H groups in total. The predicted molar refractivity (Wildman–Crippen MR) is 103 cm³/mol. The van der Waals surface area contributed by atoms with Crippen molar-refractivity contribution >= 4 is 17.5 Å². The second kappa shape index (κ2) is 8.12. The lowest BCUT2D eigenvalue weighted by molar-refractivity contribution is -0.125. The summed E-state index contributed by atoms with van der Waals surface area (Å²) in [5, 5.41) is 2.93. The van der Waals surface area contributed by atoms with Gasteiger partial charge in [-0.1, -0.05) is 24.3 Å². The third-order valence-corrected chi connectivity index (χ3v) is 4.61. The summed E-state index contributed by atoms with van der Waals surface area (Å²) in [6, 6.07) is 12.7. The molecule has 6 nitrogen and oxygen atoms in total. The van der Waals surface area contributed by atoms with Gasteiger partial charge >= 0.3 is 0 Å². The number of amides is 2. The maximum atomic E-state index is 12.8. The Morgan fingerprint density at radius 1 is 1.19 bits per heavy atom. The van der Waals surface area contributed by atoms with E-state index >= 15 is 0 Å². The van der Waals surface area contributed by atoms with Crippen molar-refractivity contribution in [1.29, 1.82) is 0 Å². The first-order chi connectivity index (χ1) is 13.0. The molecular formula is C21H24N2O4. The van der Waals surface area contributed by atoms with Crippen molar-refractivity contribution in [2.75, 3.05) is 18.6 Å². The van der Waals surface area contributed by atoms with Crippen LogP contribution in [0.1, 0.15) is 25.0 Å². The van der Waals surface area contributed by atoms with Crippen LogP contribution < -0.4 is 19.7 Å². The lowest BCUT2D eigenvalue weighted by atomic mass is 10.1. The summed E-state index contributed by atoms with van der Waals surface area (Å²) in [4.78, 5) is 26.4. The quantitative estimate of drug-likeness (QED) is 0.851. The fourth-order valence-corrected chi connectivity index (χ4v) is 3.39. The third kappa shape index (κ3) is 3.89. The molecule has 0 unspecified atom stereocenters. The Kier molecular flexibility index (Phi) is 5.64. The van der Waals surface area contributed by atoms with Gasteiger partial charge in [-0.05, 0) is 36.2 Å². The van der Waals surface area contributed by atoms with Gasteiger partial charge in [-0.2, -0.15) is 0 Å². The smallest absolute Gasteiger partial charge is 0.243 e. The van der Waals surface area contributed by atoms with Gasteiger partial charge in [0.1, 0.15) is 6.04 Å². The van der Waals surface area contributed by atoms with Crippen molar-refractivity contribution in [2.24, 2.45) is 0 Å². The van der Waals surface area contributed by atoms with E-state index in [-0.39, 0.29) is 11.8 Å². The Bertz CT molecular complexity index is 850. The zero-order valence-corrected chi connectivity index (χ0v) is 15.8. The molecule has 0 saturated heterocycles. The van der Waals surface area contributed by atoms with Crippen LogP contribution in [0.3, 0.4) is 0 Å². The molecule has 0 aliphatic carbocycles. The molecule has 2 amide bonds. The minimum Gasteiger partial charge on any atom is -0.493 e. The van der Waals surface area contributed by atoms with Gasteiger partial charge in [0.2, 0.25) is 11.8 Å². The number of anilines is 1. The average Bonchev–Trinajstić information content (AvgIpc) is 3.07. The standard InChI is InChI=1S/C21H24N2O4/c1-4-27-19-10-9-15(11-20(19)26-3)13-22-21(25)18-12-16-7-5-6-8-17(16)23(18)14(2)24/h5-11,18H,4,12-13H2,1-3H3,(H,22,25)/t18-/m1/s1. The molecule has 0 spiro atoms. The molecule has 0 bridgehead atoms. The van der Waals surface area contributed by atoms with Crippen LogP contribution >= 0.6 is 0 Å². The number of carbonyl (C=O) groups is 2. The molecule has 2 aromatic rings. The molecule has 1 atom stereocenters. The Balaban J connectivity index is 1.70. The molecule has 1 aliphatic rings. The molecule has 1 aliphatic heterocycles. The third-order valence-electron chi connectivity index (χ3n) is 4.61. The van der Waals surface area contributed by atoms with Crippen LogP contribution in [0.15, 0.2) is 42.5 Å². The van der Waals surface area contributed by atoms with Crippen LogP contribution in [0, 0.1) is 0 Å². The van der Waals surface area contributed by atoms with E-state index in [0.717, 1.165) is 16.8 Å². The lowest BCUT2D eigenvalue weighted by Crippen LogP contribution is -2.47. The highest BCUT2D eigenvalue weighted by molar-refractivity contribution is 6.02. The van der Waals surface area contributed by atoms with Crippen LogP contribution in [0.25, 0.3) is 0 Å². The number of fused-ring (bicyclic) bond motifs is 1. The van der Waals surface area contributed by atoms with E-state index in [9.17, 15) is 9.59 Å². The molecule has 3 rings (SSSR count). The molecule has 142 valence electrons. The van der Waals surface area contributed by atoms with Crippen molar-refractivity contribution in [2.45, 2.75) is 32.9 Å². The Labute approximate surface area is 159 Å². The lowest BCUT2D eigenvalue weighted by Gasteiger charge is -2.23. The monoisotopic (exact) mass is 368 g/mol. The molecule has 2 aromatic carbocycles. The van der Waals surface area contributed by atoms with Crippen molar-refractivity contribution in [3.05, 3.63) is 53.6 Å². The Morgan fingerprint density at radius 3 is 2.67 bits per heavy atom. The number of hydrogen-bond acceptors (Lipinski definition) is 4. The number of nitrogens with one attached hydrogen (secondary N) is 1. The van der Waals surface area contributed by atoms with Crippen molar-refractivity contribution in [3.8, 4) is 11.5 Å². The topological polar surface area (TPSA) is 67.9 Å². The minimum atomic E-state index is -0.524. The maximum Gasteiger partial charge on any atom is 0.243 e. The number of carbonyl (C=O) groups excluding carboxylic acids is 2. The summed E-state index contributed by atoms with van der Waals surface area (Å²) in [6.07, 6.45) is 0.522. The summed E-state index contributed by atoms with van der Waals surface area (Å²) in [7, 11) is 1.58. The second-order valence-electron chi connectivity index (χ2n) is 6.37. The fourth-order valence-electron chi connectivity index (χ4n) is 3.39. The van der Waals surface area contributed by atoms with E-state index in [1.165, 1.54) is 6.92 Å². The summed E-state index contributed by atoms with van der Waals surface area (Å²) in [5.41, 5.74) is 2.72. The molecule has 27 heavy (non-hydrogen) atoms. The number of para-hydroxylation sites is 1. The highest BCUT2D eigenvalue weighted by Crippen LogP contribution is 2.32. The van der Waals surface area contributed by atoms with E-state index in [4.69, 9.17) is 9.47 Å². The molecular weight excluding hydrogens is 344 g/mol. The summed E-state index contributed by atoms with van der Waals surface area (Å²) < 4.78 is 10.9. The van der Waals surface area contributed by atoms with Crippen molar-refractivity contribution in [1.82, 2.24) is 5.32 Å². The number of hydrogen-bond donors (Lipinski definition) is 1. The molecule has 0 aromatic heterocycles. The van der Waals surface area contributed by atoms with Gasteiger partial charge in [-0.15, -0.1) is 0 Å². The highest BCUT2D eigenvalue weighted by atomic mass is 16.5. The Morgan fingerprint density at radius 2 is 1.96 bits per heavy atom. The summed E-state index contributed by atoms with van der Waals surface area (Å²) in [6.45, 7) is 4.30. The molecule has 0 fully saturated rings. The molecule has 0 saturated carbocycles. The summed E-state index contributed by atoms with van der Waals surface area (Å²) >= 11 is 0. The van der Waals surface area contributed by atoms with Crippen molar-refractivity contribution in [3.63, 3.8) is 0 Å². The molecule has 6 heteroatoms. The number of rotatable bonds is 6. The first-order valence-electron chi connectivity index (χ1n) is 9.00. The average molecular weight is 368 g/mol. The highest BCUT2D eigenvalue weighted by Gasteiger charge is 2.36. The first-order valence-corrected chi connectivity index (χ1v) is 9.00. The molecule has 0 radical (unpaired) electrons. The summed E-state index contributed by atoms with van der Waals surface area (Å²) in [5.74, 6) is 0.989. The second-order valence-corrected chi connectivity index (χ2v) is 6.37. The maximum absolute atomic E-state index is 12.8. The van der Waals surface area contributed by atoms with Gasteiger partial charge in [-0.3, -0.25) is 14.5 Å². The van der Waals surface area contributed by atoms with Crippen LogP contribution in [-0.4, -0.2) is 31.6 Å². The van der Waals surface area contributed by atoms with E-state index in [1.807, 2.05) is 49.4 Å². The zero-order chi connectivity index (χ0) is 19.4. The number of benzene rings is 2. The van der Waals surface area contributed by atoms with Gasteiger partial charge in [0.05, 0.1) is 13.7 Å². The van der Waals surface area contributed by atoms with E-state index in [2.05, 4.69) is 5.32 Å². The first kappa shape index (κ1) is 18.8. The number of ether oxygens (including phenoxy) is 2. The predicted octanol–water partition coefficient (Wildman–Crippen LogP) is 2.69. The van der Waals surface area contributed by atoms with Crippen LogP contribution in [0.4, 0.5) is 5.69 Å². The van der Waals surface area contributed by atoms with E-state index < -0.39 is 6.04 Å². The zero-order valence-electron chi connectivity index (χ0n) is 15.8. The van der Waals surface area contributed by atoms with Crippen LogP contribution in [0.2, 0.25) is 0 Å². The van der Waals surface area contributed by atoms with Gasteiger partial charge in [0.25, 0.3) is 0 Å².